The molecule has 2 nitrogen and oxygen atoms in total. The number of rotatable bonds is 1. The zero-order chi connectivity index (χ0) is 8.43. The van der Waals surface area contributed by atoms with Gasteiger partial charge in [0.25, 0.3) is 0 Å². The second kappa shape index (κ2) is 3.26. The van der Waals surface area contributed by atoms with Crippen molar-refractivity contribution in [2.24, 2.45) is 5.92 Å². The molecule has 0 N–H and O–H groups in total. The molecular weight excluding hydrogens is 162 g/mol. The third-order valence-electron chi connectivity index (χ3n) is 1.68. The number of hydrogen-bond acceptors (Lipinski definition) is 1. The van der Waals surface area contributed by atoms with E-state index in [4.69, 9.17) is 11.6 Å². The molecule has 0 atom stereocenters. The molecule has 1 aliphatic rings. The van der Waals surface area contributed by atoms with Crippen molar-refractivity contribution in [3.8, 4) is 0 Å². The van der Waals surface area contributed by atoms with Crippen LogP contribution in [-0.4, -0.2) is 17.4 Å². The molecule has 11 heavy (non-hydrogen) atoms. The molecule has 0 unspecified atom stereocenters. The molecule has 0 saturated carbocycles. The first-order valence-corrected chi connectivity index (χ1v) is 4.17. The summed E-state index contributed by atoms with van der Waals surface area (Å²) in [6, 6.07) is 0. The number of hydrogen-bond donors (Lipinski definition) is 0. The lowest BCUT2D eigenvalue weighted by molar-refractivity contribution is -0.131. The third kappa shape index (κ3) is 1.74. The van der Waals surface area contributed by atoms with Gasteiger partial charge in [-0.15, -0.1) is 0 Å². The van der Waals surface area contributed by atoms with Crippen molar-refractivity contribution in [3.05, 3.63) is 11.2 Å². The van der Waals surface area contributed by atoms with Crippen molar-refractivity contribution in [1.29, 1.82) is 0 Å². The largest absolute Gasteiger partial charge is 0.302 e. The Morgan fingerprint density at radius 3 is 2.73 bits per heavy atom. The predicted molar refractivity (Wildman–Crippen MR) is 45.1 cm³/mol. The van der Waals surface area contributed by atoms with Gasteiger partial charge in [-0.1, -0.05) is 25.4 Å². The number of nitrogens with zero attached hydrogens (tertiary/aromatic N) is 1. The Morgan fingerprint density at radius 2 is 2.36 bits per heavy atom. The molecule has 1 aliphatic heterocycles. The van der Waals surface area contributed by atoms with E-state index in [1.807, 2.05) is 19.9 Å². The van der Waals surface area contributed by atoms with Crippen LogP contribution in [0.25, 0.3) is 0 Å². The summed E-state index contributed by atoms with van der Waals surface area (Å²) in [5.74, 6) is 0.152. The predicted octanol–water partition coefficient (Wildman–Crippen LogP) is 1.95. The van der Waals surface area contributed by atoms with Gasteiger partial charge in [-0.25, -0.2) is 0 Å². The van der Waals surface area contributed by atoms with Crippen molar-refractivity contribution in [3.63, 3.8) is 0 Å². The molecular formula is C8H12ClNO. The monoisotopic (exact) mass is 173 g/mol. The maximum absolute atomic E-state index is 11.4. The summed E-state index contributed by atoms with van der Waals surface area (Å²) in [6.07, 6.45) is 2.76. The fourth-order valence-corrected chi connectivity index (χ4v) is 1.33. The molecule has 0 aromatic carbocycles. The Kier molecular flexibility index (Phi) is 2.55. The van der Waals surface area contributed by atoms with Gasteiger partial charge in [0.15, 0.2) is 0 Å². The van der Waals surface area contributed by atoms with Crippen LogP contribution in [0.4, 0.5) is 0 Å². The summed E-state index contributed by atoms with van der Waals surface area (Å²) in [7, 11) is 0. The third-order valence-corrected chi connectivity index (χ3v) is 2.04. The van der Waals surface area contributed by atoms with Crippen LogP contribution >= 0.6 is 11.6 Å². The zero-order valence-corrected chi connectivity index (χ0v) is 7.56. The molecule has 62 valence electrons. The van der Waals surface area contributed by atoms with Crippen LogP contribution in [0.1, 0.15) is 20.3 Å². The summed E-state index contributed by atoms with van der Waals surface area (Å²) < 4.78 is 0. The lowest BCUT2D eigenvalue weighted by Crippen LogP contribution is -2.29. The lowest BCUT2D eigenvalue weighted by Gasteiger charge is -2.18. The average molecular weight is 174 g/mol. The van der Waals surface area contributed by atoms with E-state index in [1.165, 1.54) is 0 Å². The van der Waals surface area contributed by atoms with Gasteiger partial charge in [-0.2, -0.15) is 0 Å². The fourth-order valence-electron chi connectivity index (χ4n) is 1.06. The van der Waals surface area contributed by atoms with Crippen LogP contribution in [0.2, 0.25) is 0 Å². The molecule has 0 aromatic rings. The summed E-state index contributed by atoms with van der Waals surface area (Å²) in [4.78, 5) is 13.0. The van der Waals surface area contributed by atoms with Crippen LogP contribution in [0.15, 0.2) is 11.2 Å². The Hall–Kier alpha value is -0.500. The summed E-state index contributed by atoms with van der Waals surface area (Å²) >= 11 is 5.78. The summed E-state index contributed by atoms with van der Waals surface area (Å²) in [5, 5.41) is 0.587. The van der Waals surface area contributed by atoms with Crippen molar-refractivity contribution in [2.75, 3.05) is 6.54 Å². The van der Waals surface area contributed by atoms with Gasteiger partial charge in [0.2, 0.25) is 5.91 Å². The second-order valence-electron chi connectivity index (χ2n) is 2.96. The second-order valence-corrected chi connectivity index (χ2v) is 3.35. The van der Waals surface area contributed by atoms with Crippen LogP contribution in [-0.2, 0) is 4.79 Å². The standard InChI is InChI=1S/C8H12ClNO/c1-6(2)8(11)10-5-3-4-7(10)9/h4,6H,3,5H2,1-2H3. The van der Waals surface area contributed by atoms with Gasteiger partial charge >= 0.3 is 0 Å². The van der Waals surface area contributed by atoms with Gasteiger partial charge < -0.3 is 4.90 Å². The van der Waals surface area contributed by atoms with Gasteiger partial charge in [0.1, 0.15) is 5.16 Å². The van der Waals surface area contributed by atoms with Crippen molar-refractivity contribution in [2.45, 2.75) is 20.3 Å². The van der Waals surface area contributed by atoms with E-state index in [0.29, 0.717) is 5.16 Å². The number of carbonyl (C=O) groups excluding carboxylic acids is 1. The fraction of sp³-hybridized carbons (Fsp3) is 0.625. The minimum absolute atomic E-state index is 0.0373. The topological polar surface area (TPSA) is 20.3 Å². The van der Waals surface area contributed by atoms with E-state index in [1.54, 1.807) is 4.90 Å². The van der Waals surface area contributed by atoms with Crippen molar-refractivity contribution >= 4 is 17.5 Å². The maximum Gasteiger partial charge on any atom is 0.230 e. The van der Waals surface area contributed by atoms with Crippen LogP contribution < -0.4 is 0 Å². The first-order valence-electron chi connectivity index (χ1n) is 3.80. The van der Waals surface area contributed by atoms with E-state index < -0.39 is 0 Å². The highest BCUT2D eigenvalue weighted by atomic mass is 35.5. The van der Waals surface area contributed by atoms with E-state index >= 15 is 0 Å². The maximum atomic E-state index is 11.4. The van der Waals surface area contributed by atoms with E-state index in [-0.39, 0.29) is 11.8 Å². The lowest BCUT2D eigenvalue weighted by atomic mass is 10.2. The SMILES string of the molecule is CC(C)C(=O)N1CCC=C1Cl. The Balaban J connectivity index is 2.62. The van der Waals surface area contributed by atoms with Crippen molar-refractivity contribution < 1.29 is 4.79 Å². The van der Waals surface area contributed by atoms with Gasteiger partial charge in [-0.05, 0) is 12.5 Å². The molecule has 0 fully saturated rings. The smallest absolute Gasteiger partial charge is 0.230 e. The minimum atomic E-state index is 0.0373. The Labute approximate surface area is 71.8 Å². The summed E-state index contributed by atoms with van der Waals surface area (Å²) in [6.45, 7) is 4.51. The van der Waals surface area contributed by atoms with Crippen LogP contribution in [0.5, 0.6) is 0 Å². The zero-order valence-electron chi connectivity index (χ0n) is 6.80. The molecule has 0 aromatic heterocycles. The molecule has 0 bridgehead atoms. The van der Waals surface area contributed by atoms with Crippen molar-refractivity contribution in [1.82, 2.24) is 4.90 Å². The number of halogens is 1. The van der Waals surface area contributed by atoms with E-state index in [2.05, 4.69) is 0 Å². The first-order chi connectivity index (χ1) is 5.13. The minimum Gasteiger partial charge on any atom is -0.302 e. The quantitative estimate of drug-likeness (QED) is 0.555. The van der Waals surface area contributed by atoms with Gasteiger partial charge in [0, 0.05) is 12.5 Å². The molecule has 3 heteroatoms. The molecule has 1 rings (SSSR count). The highest BCUT2D eigenvalue weighted by molar-refractivity contribution is 6.30. The average Bonchev–Trinajstić information content (AvgIpc) is 2.33. The molecule has 1 amide bonds. The highest BCUT2D eigenvalue weighted by Gasteiger charge is 2.22. The molecule has 0 spiro atoms. The molecule has 1 heterocycles. The van der Waals surface area contributed by atoms with Crippen LogP contribution in [0.3, 0.4) is 0 Å². The van der Waals surface area contributed by atoms with E-state index in [9.17, 15) is 4.79 Å². The first kappa shape index (κ1) is 8.60. The number of carbonyl (C=O) groups is 1. The molecule has 0 radical (unpaired) electrons. The Morgan fingerprint density at radius 1 is 1.73 bits per heavy atom. The number of amides is 1. The van der Waals surface area contributed by atoms with Crippen LogP contribution in [0, 0.1) is 5.92 Å². The van der Waals surface area contributed by atoms with Gasteiger partial charge in [0.05, 0.1) is 0 Å². The van der Waals surface area contributed by atoms with E-state index in [0.717, 1.165) is 13.0 Å². The highest BCUT2D eigenvalue weighted by Crippen LogP contribution is 2.20. The molecule has 0 saturated heterocycles. The summed E-state index contributed by atoms with van der Waals surface area (Å²) in [5.41, 5.74) is 0. The Bertz CT molecular complexity index is 198. The normalized spacial score (nSPS) is 17.5. The molecule has 0 aliphatic carbocycles. The van der Waals surface area contributed by atoms with Gasteiger partial charge in [-0.3, -0.25) is 4.79 Å².